The number of nitrogens with one attached hydrogen (secondary N) is 1. The standard InChI is InChI=1S/C29H21BrClIN2O4/c1-2-36-25-11-18(15-33-34-29(35)26-13-21-12-22(30)14-24(32)27(21)38-26)10-23(31)28(25)37-16-17-7-8-19-5-3-4-6-20(19)9-17/h3-15H,2,16H2,1H3,(H,34,35)/b33-15-. The molecule has 6 nitrogen and oxygen atoms in total. The second kappa shape index (κ2) is 11.8. The van der Waals surface area contributed by atoms with E-state index in [2.05, 4.69) is 73.3 Å². The zero-order valence-electron chi connectivity index (χ0n) is 20.1. The van der Waals surface area contributed by atoms with Gasteiger partial charge in [0.2, 0.25) is 0 Å². The van der Waals surface area contributed by atoms with Gasteiger partial charge in [-0.15, -0.1) is 0 Å². The van der Waals surface area contributed by atoms with Gasteiger partial charge in [-0.2, -0.15) is 5.10 Å². The molecular weight excluding hydrogens is 683 g/mol. The molecule has 0 aliphatic heterocycles. The maximum Gasteiger partial charge on any atom is 0.307 e. The summed E-state index contributed by atoms with van der Waals surface area (Å²) in [6.45, 7) is 2.65. The first-order chi connectivity index (χ1) is 18.4. The van der Waals surface area contributed by atoms with Gasteiger partial charge in [0, 0.05) is 9.86 Å². The summed E-state index contributed by atoms with van der Waals surface area (Å²) in [5.41, 5.74) is 4.80. The highest BCUT2D eigenvalue weighted by Gasteiger charge is 2.15. The summed E-state index contributed by atoms with van der Waals surface area (Å²) in [6, 6.07) is 23.3. The number of furan rings is 1. The first kappa shape index (κ1) is 26.5. The van der Waals surface area contributed by atoms with E-state index in [1.165, 1.54) is 11.6 Å². The van der Waals surface area contributed by atoms with Gasteiger partial charge in [0.15, 0.2) is 17.3 Å². The van der Waals surface area contributed by atoms with Crippen molar-refractivity contribution in [1.82, 2.24) is 5.43 Å². The smallest absolute Gasteiger partial charge is 0.307 e. The Bertz CT molecular complexity index is 1680. The number of carbonyl (C=O) groups is 1. The van der Waals surface area contributed by atoms with Gasteiger partial charge in [-0.1, -0.05) is 63.9 Å². The second-order valence-electron chi connectivity index (χ2n) is 8.35. The van der Waals surface area contributed by atoms with Crippen LogP contribution >= 0.6 is 50.1 Å². The van der Waals surface area contributed by atoms with Gasteiger partial charge in [-0.25, -0.2) is 5.43 Å². The van der Waals surface area contributed by atoms with Gasteiger partial charge in [0.05, 0.1) is 21.4 Å². The SMILES string of the molecule is CCOc1cc(/C=N\NC(=O)c2cc3cc(Br)cc(I)c3o2)cc(Cl)c1OCc1ccc2ccccc2c1. The predicted molar refractivity (Wildman–Crippen MR) is 163 cm³/mol. The summed E-state index contributed by atoms with van der Waals surface area (Å²) in [6.07, 6.45) is 1.49. The van der Waals surface area contributed by atoms with E-state index in [0.717, 1.165) is 24.4 Å². The second-order valence-corrected chi connectivity index (χ2v) is 10.8. The molecule has 4 aromatic carbocycles. The number of rotatable bonds is 8. The number of nitrogens with zero attached hydrogens (tertiary/aromatic N) is 1. The first-order valence-electron chi connectivity index (χ1n) is 11.7. The average molecular weight is 704 g/mol. The fourth-order valence-corrected chi connectivity index (χ4v) is 5.89. The average Bonchev–Trinajstić information content (AvgIpc) is 3.33. The maximum absolute atomic E-state index is 12.6. The van der Waals surface area contributed by atoms with Crippen LogP contribution < -0.4 is 14.9 Å². The van der Waals surface area contributed by atoms with Crippen molar-refractivity contribution in [2.75, 3.05) is 6.61 Å². The Morgan fingerprint density at radius 3 is 2.68 bits per heavy atom. The van der Waals surface area contributed by atoms with Crippen LogP contribution in [0.5, 0.6) is 11.5 Å². The molecule has 38 heavy (non-hydrogen) atoms. The van der Waals surface area contributed by atoms with E-state index >= 15 is 0 Å². The molecule has 1 aromatic heterocycles. The zero-order chi connectivity index (χ0) is 26.6. The van der Waals surface area contributed by atoms with Crippen molar-refractivity contribution in [2.45, 2.75) is 13.5 Å². The Labute approximate surface area is 246 Å². The molecule has 192 valence electrons. The molecule has 0 unspecified atom stereocenters. The van der Waals surface area contributed by atoms with Crippen LogP contribution in [0.3, 0.4) is 0 Å². The molecule has 0 atom stereocenters. The van der Waals surface area contributed by atoms with E-state index in [1.807, 2.05) is 37.3 Å². The van der Waals surface area contributed by atoms with Gasteiger partial charge >= 0.3 is 5.91 Å². The summed E-state index contributed by atoms with van der Waals surface area (Å²) < 4.78 is 19.4. The molecule has 0 aliphatic carbocycles. The number of amides is 1. The zero-order valence-corrected chi connectivity index (χ0v) is 24.6. The van der Waals surface area contributed by atoms with Gasteiger partial charge in [0.1, 0.15) is 12.2 Å². The van der Waals surface area contributed by atoms with E-state index in [-0.39, 0.29) is 5.76 Å². The Morgan fingerprint density at radius 2 is 1.87 bits per heavy atom. The highest BCUT2D eigenvalue weighted by atomic mass is 127. The number of hydrogen-bond donors (Lipinski definition) is 1. The molecule has 0 bridgehead atoms. The van der Waals surface area contributed by atoms with Crippen LogP contribution in [0.15, 0.2) is 86.8 Å². The minimum atomic E-state index is -0.462. The topological polar surface area (TPSA) is 73.1 Å². The number of ether oxygens (including phenoxy) is 2. The molecule has 5 rings (SSSR count). The number of hydrazone groups is 1. The first-order valence-corrected chi connectivity index (χ1v) is 13.9. The fraction of sp³-hybridized carbons (Fsp3) is 0.103. The quantitative estimate of drug-likeness (QED) is 0.100. The minimum absolute atomic E-state index is 0.165. The Kier molecular flexibility index (Phi) is 8.21. The van der Waals surface area contributed by atoms with Crippen LogP contribution in [0.1, 0.15) is 28.6 Å². The van der Waals surface area contributed by atoms with E-state index in [9.17, 15) is 4.79 Å². The van der Waals surface area contributed by atoms with Gasteiger partial charge < -0.3 is 13.9 Å². The number of fused-ring (bicyclic) bond motifs is 2. The van der Waals surface area contributed by atoms with Gasteiger partial charge in [0.25, 0.3) is 0 Å². The third-order valence-corrected chi connectivity index (χ3v) is 7.21. The summed E-state index contributed by atoms with van der Waals surface area (Å²) >= 11 is 12.2. The van der Waals surface area contributed by atoms with Crippen molar-refractivity contribution in [1.29, 1.82) is 0 Å². The molecule has 0 radical (unpaired) electrons. The van der Waals surface area contributed by atoms with E-state index in [0.29, 0.717) is 40.9 Å². The third-order valence-electron chi connectivity index (χ3n) is 5.67. The lowest BCUT2D eigenvalue weighted by molar-refractivity contribution is 0.0929. The van der Waals surface area contributed by atoms with Crippen molar-refractivity contribution in [3.05, 3.63) is 103 Å². The third kappa shape index (κ3) is 5.98. The normalized spacial score (nSPS) is 11.4. The van der Waals surface area contributed by atoms with Crippen molar-refractivity contribution in [2.24, 2.45) is 5.10 Å². The molecule has 0 spiro atoms. The lowest BCUT2D eigenvalue weighted by Gasteiger charge is -2.14. The highest BCUT2D eigenvalue weighted by molar-refractivity contribution is 14.1. The number of halogens is 3. The molecule has 9 heteroatoms. The summed E-state index contributed by atoms with van der Waals surface area (Å²) in [5, 5.41) is 7.58. The van der Waals surface area contributed by atoms with Crippen molar-refractivity contribution < 1.29 is 18.7 Å². The van der Waals surface area contributed by atoms with Crippen LogP contribution in [0.4, 0.5) is 0 Å². The Morgan fingerprint density at radius 1 is 1.05 bits per heavy atom. The molecule has 0 saturated carbocycles. The van der Waals surface area contributed by atoms with Crippen LogP contribution in [-0.2, 0) is 6.61 Å². The van der Waals surface area contributed by atoms with Crippen molar-refractivity contribution >= 4 is 84.0 Å². The summed E-state index contributed by atoms with van der Waals surface area (Å²) in [5.74, 6) is 0.645. The van der Waals surface area contributed by atoms with E-state index in [1.54, 1.807) is 18.2 Å². The summed E-state index contributed by atoms with van der Waals surface area (Å²) in [7, 11) is 0. The molecule has 1 heterocycles. The summed E-state index contributed by atoms with van der Waals surface area (Å²) in [4.78, 5) is 12.6. The molecule has 0 saturated heterocycles. The predicted octanol–water partition coefficient (Wildman–Crippen LogP) is 8.35. The van der Waals surface area contributed by atoms with Gasteiger partial charge in [-0.05, 0) is 87.8 Å². The largest absolute Gasteiger partial charge is 0.490 e. The number of benzene rings is 4. The van der Waals surface area contributed by atoms with Crippen LogP contribution in [0.25, 0.3) is 21.7 Å². The molecule has 5 aromatic rings. The van der Waals surface area contributed by atoms with Gasteiger partial charge in [-0.3, -0.25) is 4.79 Å². The van der Waals surface area contributed by atoms with E-state index < -0.39 is 5.91 Å². The fourth-order valence-electron chi connectivity index (χ4n) is 3.96. The molecule has 0 aliphatic rings. The molecule has 0 fully saturated rings. The number of hydrogen-bond acceptors (Lipinski definition) is 5. The number of carbonyl (C=O) groups excluding carboxylic acids is 1. The van der Waals surface area contributed by atoms with Crippen molar-refractivity contribution in [3.63, 3.8) is 0 Å². The van der Waals surface area contributed by atoms with Crippen LogP contribution in [0, 0.1) is 3.57 Å². The molecule has 1 N–H and O–H groups in total. The highest BCUT2D eigenvalue weighted by Crippen LogP contribution is 2.37. The Balaban J connectivity index is 1.30. The lowest BCUT2D eigenvalue weighted by Crippen LogP contribution is -2.16. The van der Waals surface area contributed by atoms with E-state index in [4.69, 9.17) is 25.5 Å². The van der Waals surface area contributed by atoms with Crippen LogP contribution in [-0.4, -0.2) is 18.7 Å². The lowest BCUT2D eigenvalue weighted by atomic mass is 10.1. The monoisotopic (exact) mass is 702 g/mol. The molecule has 1 amide bonds. The Hall–Kier alpha value is -3.08. The van der Waals surface area contributed by atoms with Crippen molar-refractivity contribution in [3.8, 4) is 11.5 Å². The molecular formula is C29H21BrClIN2O4. The maximum atomic E-state index is 12.6. The van der Waals surface area contributed by atoms with Crippen LogP contribution in [0.2, 0.25) is 5.02 Å². The minimum Gasteiger partial charge on any atom is -0.490 e.